The number of carbonyl (C=O) groups is 1. The van der Waals surface area contributed by atoms with E-state index >= 15 is 0 Å². The molecule has 1 aromatic carbocycles. The first-order chi connectivity index (χ1) is 17.3. The number of rotatable bonds is 6. The van der Waals surface area contributed by atoms with Gasteiger partial charge in [0.25, 0.3) is 0 Å². The fraction of sp³-hybridized carbons (Fsp3) is 0.346. The highest BCUT2D eigenvalue weighted by atomic mass is 19.1. The van der Waals surface area contributed by atoms with Crippen LogP contribution in [0.5, 0.6) is 0 Å². The number of fused-ring (bicyclic) bond motifs is 1. The second-order valence-corrected chi connectivity index (χ2v) is 9.46. The summed E-state index contributed by atoms with van der Waals surface area (Å²) in [5.74, 6) is -0.144. The van der Waals surface area contributed by atoms with Crippen molar-refractivity contribution in [1.29, 1.82) is 0 Å². The molecular weight excluding hydrogens is 459 g/mol. The molecule has 186 valence electrons. The highest BCUT2D eigenvalue weighted by Crippen LogP contribution is 2.27. The second-order valence-electron chi connectivity index (χ2n) is 9.46. The Labute approximate surface area is 209 Å². The molecule has 0 radical (unpaired) electrons. The van der Waals surface area contributed by atoms with Crippen molar-refractivity contribution in [2.24, 2.45) is 0 Å². The standard InChI is InChI=1S/C26H29FN8O/c1-16(2)35-15-29-23-22(35)14-20(31-24(23)27)19-11-12-28-26(32-19)30-17-7-9-18(10-8-17)34-13-5-6-21(25(34)36)33(3)4/h7-12,14-16,21H,5-6,13H2,1-4H3,(H,28,30,32). The molecule has 1 aliphatic rings. The molecule has 9 nitrogen and oxygen atoms in total. The highest BCUT2D eigenvalue weighted by molar-refractivity contribution is 5.98. The number of piperidine rings is 1. The second kappa shape index (κ2) is 9.62. The number of hydrogen-bond donors (Lipinski definition) is 1. The lowest BCUT2D eigenvalue weighted by Crippen LogP contribution is -2.50. The van der Waals surface area contributed by atoms with Gasteiger partial charge in [-0.05, 0) is 77.2 Å². The van der Waals surface area contributed by atoms with E-state index in [0.29, 0.717) is 29.4 Å². The van der Waals surface area contributed by atoms with Crippen LogP contribution in [0.25, 0.3) is 22.4 Å². The van der Waals surface area contributed by atoms with Gasteiger partial charge in [-0.25, -0.2) is 19.9 Å². The van der Waals surface area contributed by atoms with Crippen molar-refractivity contribution in [3.63, 3.8) is 0 Å². The lowest BCUT2D eigenvalue weighted by atomic mass is 10.0. The number of carbonyl (C=O) groups excluding carboxylic acids is 1. The molecule has 4 heterocycles. The van der Waals surface area contributed by atoms with E-state index in [9.17, 15) is 9.18 Å². The molecule has 1 aliphatic heterocycles. The Morgan fingerprint density at radius 1 is 1.08 bits per heavy atom. The van der Waals surface area contributed by atoms with Gasteiger partial charge in [0.2, 0.25) is 17.8 Å². The molecule has 4 aromatic rings. The van der Waals surface area contributed by atoms with E-state index in [2.05, 4.69) is 25.3 Å². The molecule has 0 saturated carbocycles. The molecule has 0 bridgehead atoms. The minimum atomic E-state index is -0.630. The molecule has 1 atom stereocenters. The van der Waals surface area contributed by atoms with Crippen LogP contribution in [0.15, 0.2) is 48.9 Å². The van der Waals surface area contributed by atoms with Crippen LogP contribution in [-0.4, -0.2) is 62.0 Å². The van der Waals surface area contributed by atoms with E-state index in [-0.39, 0.29) is 23.5 Å². The number of halogens is 1. The Hall–Kier alpha value is -3.92. The average molecular weight is 489 g/mol. The Bertz CT molecular complexity index is 1400. The van der Waals surface area contributed by atoms with Crippen molar-refractivity contribution in [2.45, 2.75) is 38.8 Å². The van der Waals surface area contributed by atoms with Crippen LogP contribution in [0.3, 0.4) is 0 Å². The molecule has 1 N–H and O–H groups in total. The van der Waals surface area contributed by atoms with E-state index < -0.39 is 5.95 Å². The highest BCUT2D eigenvalue weighted by Gasteiger charge is 2.30. The normalized spacial score (nSPS) is 16.4. The van der Waals surface area contributed by atoms with Gasteiger partial charge >= 0.3 is 0 Å². The first-order valence-corrected chi connectivity index (χ1v) is 12.0. The average Bonchev–Trinajstić information content (AvgIpc) is 3.30. The largest absolute Gasteiger partial charge is 0.328 e. The Morgan fingerprint density at radius 3 is 2.58 bits per heavy atom. The van der Waals surface area contributed by atoms with Crippen LogP contribution in [-0.2, 0) is 4.79 Å². The van der Waals surface area contributed by atoms with Gasteiger partial charge < -0.3 is 14.8 Å². The van der Waals surface area contributed by atoms with Crippen LogP contribution >= 0.6 is 0 Å². The molecule has 0 spiro atoms. The smallest absolute Gasteiger partial charge is 0.244 e. The van der Waals surface area contributed by atoms with Crippen molar-refractivity contribution in [1.82, 2.24) is 29.4 Å². The maximum absolute atomic E-state index is 14.7. The predicted molar refractivity (Wildman–Crippen MR) is 138 cm³/mol. The van der Waals surface area contributed by atoms with Crippen molar-refractivity contribution in [3.8, 4) is 11.4 Å². The molecule has 5 rings (SSSR count). The lowest BCUT2D eigenvalue weighted by Gasteiger charge is -2.35. The first-order valence-electron chi connectivity index (χ1n) is 12.0. The minimum Gasteiger partial charge on any atom is -0.328 e. The number of nitrogens with one attached hydrogen (secondary N) is 1. The molecule has 0 aliphatic carbocycles. The van der Waals surface area contributed by atoms with E-state index in [0.717, 1.165) is 24.2 Å². The molecule has 1 saturated heterocycles. The number of nitrogens with zero attached hydrogens (tertiary/aromatic N) is 7. The zero-order valence-electron chi connectivity index (χ0n) is 20.8. The third-order valence-electron chi connectivity index (χ3n) is 6.46. The molecule has 10 heteroatoms. The number of aromatic nitrogens is 5. The van der Waals surface area contributed by atoms with Gasteiger partial charge in [-0.2, -0.15) is 4.39 Å². The molecule has 1 amide bonds. The van der Waals surface area contributed by atoms with Gasteiger partial charge in [0.15, 0.2) is 0 Å². The number of imidazole rings is 1. The maximum atomic E-state index is 14.7. The summed E-state index contributed by atoms with van der Waals surface area (Å²) in [6.45, 7) is 4.74. The Balaban J connectivity index is 1.37. The quantitative estimate of drug-likeness (QED) is 0.402. The van der Waals surface area contributed by atoms with Crippen LogP contribution in [0.2, 0.25) is 0 Å². The van der Waals surface area contributed by atoms with Gasteiger partial charge in [0.05, 0.1) is 29.3 Å². The number of hydrogen-bond acceptors (Lipinski definition) is 7. The van der Waals surface area contributed by atoms with Crippen LogP contribution in [0.1, 0.15) is 32.7 Å². The summed E-state index contributed by atoms with van der Waals surface area (Å²) in [7, 11) is 3.88. The molecule has 1 fully saturated rings. The molecule has 1 unspecified atom stereocenters. The topological polar surface area (TPSA) is 92.1 Å². The van der Waals surface area contributed by atoms with Crippen LogP contribution in [0.4, 0.5) is 21.7 Å². The van der Waals surface area contributed by atoms with Crippen molar-refractivity contribution in [3.05, 3.63) is 54.9 Å². The van der Waals surface area contributed by atoms with Gasteiger partial charge in [-0.3, -0.25) is 9.69 Å². The number of amides is 1. The van der Waals surface area contributed by atoms with E-state index in [1.54, 1.807) is 24.7 Å². The molecule has 3 aromatic heterocycles. The van der Waals surface area contributed by atoms with Gasteiger partial charge in [0, 0.05) is 30.2 Å². The van der Waals surface area contributed by atoms with Crippen molar-refractivity contribution >= 4 is 34.3 Å². The summed E-state index contributed by atoms with van der Waals surface area (Å²) < 4.78 is 16.6. The van der Waals surface area contributed by atoms with Gasteiger partial charge in [-0.15, -0.1) is 0 Å². The van der Waals surface area contributed by atoms with Gasteiger partial charge in [0.1, 0.15) is 5.52 Å². The summed E-state index contributed by atoms with van der Waals surface area (Å²) in [6.07, 6.45) is 5.07. The van der Waals surface area contributed by atoms with E-state index in [4.69, 9.17) is 0 Å². The lowest BCUT2D eigenvalue weighted by molar-refractivity contribution is -0.124. The zero-order chi connectivity index (χ0) is 25.4. The number of benzene rings is 1. The van der Waals surface area contributed by atoms with Gasteiger partial charge in [-0.1, -0.05) is 0 Å². The van der Waals surface area contributed by atoms with Crippen LogP contribution in [0, 0.1) is 5.95 Å². The summed E-state index contributed by atoms with van der Waals surface area (Å²) in [5, 5.41) is 3.19. The van der Waals surface area contributed by atoms with Crippen LogP contribution < -0.4 is 10.2 Å². The summed E-state index contributed by atoms with van der Waals surface area (Å²) >= 11 is 0. The monoisotopic (exact) mass is 488 g/mol. The Morgan fingerprint density at radius 2 is 1.86 bits per heavy atom. The number of pyridine rings is 1. The third kappa shape index (κ3) is 4.51. The zero-order valence-corrected chi connectivity index (χ0v) is 20.8. The number of anilines is 3. The summed E-state index contributed by atoms with van der Waals surface area (Å²) in [4.78, 5) is 33.8. The Kier molecular flexibility index (Phi) is 6.36. The predicted octanol–water partition coefficient (Wildman–Crippen LogP) is 4.41. The van der Waals surface area contributed by atoms with Crippen molar-refractivity contribution < 1.29 is 9.18 Å². The SMILES string of the molecule is CC(C)n1cnc2c(F)nc(-c3ccnc(Nc4ccc(N5CCCC(N(C)C)C5=O)cc4)n3)cc21. The third-order valence-corrected chi connectivity index (χ3v) is 6.46. The minimum absolute atomic E-state index is 0.0930. The van der Waals surface area contributed by atoms with E-state index in [1.807, 2.05) is 66.6 Å². The maximum Gasteiger partial charge on any atom is 0.244 e. The molecule has 36 heavy (non-hydrogen) atoms. The fourth-order valence-electron chi connectivity index (χ4n) is 4.54. The van der Waals surface area contributed by atoms with Crippen molar-refractivity contribution in [2.75, 3.05) is 30.9 Å². The fourth-order valence-corrected chi connectivity index (χ4v) is 4.54. The number of likely N-dealkylation sites (N-methyl/N-ethyl adjacent to an activating group) is 1. The molecular formula is C26H29FN8O. The first kappa shape index (κ1) is 23.8. The summed E-state index contributed by atoms with van der Waals surface area (Å²) in [5.41, 5.74) is 3.44. The van der Waals surface area contributed by atoms with E-state index in [1.165, 1.54) is 0 Å². The summed E-state index contributed by atoms with van der Waals surface area (Å²) in [6, 6.07) is 11.1.